The fraction of sp³-hybridized carbons (Fsp3) is 0.333. The molecule has 0 atom stereocenters. The Labute approximate surface area is 185 Å². The van der Waals surface area contributed by atoms with Gasteiger partial charge in [0.25, 0.3) is 0 Å². The van der Waals surface area contributed by atoms with E-state index in [9.17, 15) is 20.4 Å². The minimum Gasteiger partial charge on any atom is -0.508 e. The Morgan fingerprint density at radius 1 is 0.516 bits per heavy atom. The molecule has 4 nitrogen and oxygen atoms in total. The minimum atomic E-state index is -0.169. The molecule has 0 amide bonds. The molecule has 0 heterocycles. The van der Waals surface area contributed by atoms with Crippen LogP contribution < -0.4 is 0 Å². The summed E-state index contributed by atoms with van der Waals surface area (Å²) >= 11 is 0. The first-order valence-corrected chi connectivity index (χ1v) is 10.4. The van der Waals surface area contributed by atoms with Crippen LogP contribution in [0.1, 0.15) is 63.8 Å². The van der Waals surface area contributed by atoms with Crippen LogP contribution in [0, 0.1) is 0 Å². The van der Waals surface area contributed by atoms with Gasteiger partial charge in [0.1, 0.15) is 23.0 Å². The quantitative estimate of drug-likeness (QED) is 0.361. The molecule has 4 N–H and O–H groups in total. The summed E-state index contributed by atoms with van der Waals surface area (Å²) in [5, 5.41) is 39.2. The molecule has 4 heteroatoms. The summed E-state index contributed by atoms with van der Waals surface area (Å²) in [6, 6.07) is 17.7. The summed E-state index contributed by atoms with van der Waals surface area (Å²) in [6.07, 6.45) is 0.541. The van der Waals surface area contributed by atoms with Crippen molar-refractivity contribution in [3.63, 3.8) is 0 Å². The molecular formula is C27H34O4. The van der Waals surface area contributed by atoms with Crippen molar-refractivity contribution in [1.29, 1.82) is 0 Å². The maximum Gasteiger partial charge on any atom is 0.119 e. The molecule has 0 aliphatic carbocycles. The third kappa shape index (κ3) is 6.42. The van der Waals surface area contributed by atoms with E-state index in [0.717, 1.165) is 22.3 Å². The minimum absolute atomic E-state index is 0.169. The van der Waals surface area contributed by atoms with Crippen LogP contribution in [0.4, 0.5) is 0 Å². The lowest BCUT2D eigenvalue weighted by Gasteiger charge is -2.25. The van der Waals surface area contributed by atoms with Crippen LogP contribution in [0.15, 0.2) is 60.7 Å². The molecular weight excluding hydrogens is 388 g/mol. The van der Waals surface area contributed by atoms with Gasteiger partial charge in [-0.25, -0.2) is 0 Å². The van der Waals surface area contributed by atoms with E-state index >= 15 is 0 Å². The Balaban J connectivity index is 0.000000220. The standard InChI is InChI=1S/C14H22O2.C13H12O2/c1-13(2,3)9-7-12(16)10(8-11(9)15)14(4,5)6;14-12-7-3-1-5-10(12)9-11-6-2-4-8-13(11)15/h7-8,15-16H,1-6H3;1-8,14-15H,9H2. The largest absolute Gasteiger partial charge is 0.508 e. The molecule has 0 aromatic heterocycles. The van der Waals surface area contributed by atoms with Crippen molar-refractivity contribution in [1.82, 2.24) is 0 Å². The van der Waals surface area contributed by atoms with E-state index in [-0.39, 0.29) is 33.8 Å². The van der Waals surface area contributed by atoms with Crippen molar-refractivity contribution in [3.05, 3.63) is 82.9 Å². The monoisotopic (exact) mass is 422 g/mol. The highest BCUT2D eigenvalue weighted by Gasteiger charge is 2.24. The summed E-state index contributed by atoms with van der Waals surface area (Å²) in [4.78, 5) is 0. The molecule has 3 aromatic carbocycles. The maximum atomic E-state index is 10.0. The number of phenolic OH excluding ortho intramolecular Hbond substituents is 4. The fourth-order valence-electron chi connectivity index (χ4n) is 3.30. The normalized spacial score (nSPS) is 11.5. The lowest BCUT2D eigenvalue weighted by Crippen LogP contribution is -2.15. The molecule has 0 aliphatic heterocycles. The van der Waals surface area contributed by atoms with Crippen molar-refractivity contribution >= 4 is 0 Å². The van der Waals surface area contributed by atoms with Crippen LogP contribution >= 0.6 is 0 Å². The number of rotatable bonds is 2. The molecule has 0 radical (unpaired) electrons. The Kier molecular flexibility index (Phi) is 7.27. The van der Waals surface area contributed by atoms with Crippen LogP contribution in [0.25, 0.3) is 0 Å². The average molecular weight is 423 g/mol. The maximum absolute atomic E-state index is 10.0. The van der Waals surface area contributed by atoms with Crippen LogP contribution in [-0.4, -0.2) is 20.4 Å². The van der Waals surface area contributed by atoms with Gasteiger partial charge >= 0.3 is 0 Å². The zero-order valence-corrected chi connectivity index (χ0v) is 19.3. The molecule has 31 heavy (non-hydrogen) atoms. The molecule has 0 bridgehead atoms. The predicted octanol–water partition coefficient (Wildman–Crippen LogP) is 6.38. The van der Waals surface area contributed by atoms with E-state index in [2.05, 4.69) is 0 Å². The topological polar surface area (TPSA) is 80.9 Å². The zero-order chi connectivity index (χ0) is 23.4. The average Bonchev–Trinajstić information content (AvgIpc) is 2.66. The Bertz CT molecular complexity index is 941. The Morgan fingerprint density at radius 3 is 1.13 bits per heavy atom. The van der Waals surface area contributed by atoms with E-state index < -0.39 is 0 Å². The second-order valence-electron chi connectivity index (χ2n) is 9.82. The second-order valence-corrected chi connectivity index (χ2v) is 9.82. The molecule has 0 saturated heterocycles. The first-order chi connectivity index (χ1) is 14.3. The van der Waals surface area contributed by atoms with Gasteiger partial charge < -0.3 is 20.4 Å². The summed E-state index contributed by atoms with van der Waals surface area (Å²) < 4.78 is 0. The molecule has 0 spiro atoms. The van der Waals surface area contributed by atoms with Gasteiger partial charge in [-0.1, -0.05) is 77.9 Å². The third-order valence-electron chi connectivity index (χ3n) is 5.09. The molecule has 0 aliphatic rings. The molecule has 166 valence electrons. The van der Waals surface area contributed by atoms with Crippen molar-refractivity contribution in [3.8, 4) is 23.0 Å². The van der Waals surface area contributed by atoms with Gasteiger partial charge in [0.15, 0.2) is 0 Å². The van der Waals surface area contributed by atoms with Gasteiger partial charge in [-0.15, -0.1) is 0 Å². The lowest BCUT2D eigenvalue weighted by molar-refractivity contribution is 0.419. The Morgan fingerprint density at radius 2 is 0.839 bits per heavy atom. The number of benzene rings is 3. The number of para-hydroxylation sites is 2. The molecule has 0 fully saturated rings. The van der Waals surface area contributed by atoms with Crippen molar-refractivity contribution in [2.75, 3.05) is 0 Å². The number of hydrogen-bond donors (Lipinski definition) is 4. The van der Waals surface area contributed by atoms with E-state index in [0.29, 0.717) is 6.42 Å². The van der Waals surface area contributed by atoms with E-state index in [1.807, 2.05) is 65.8 Å². The summed E-state index contributed by atoms with van der Waals surface area (Å²) in [6.45, 7) is 12.1. The zero-order valence-electron chi connectivity index (χ0n) is 19.3. The number of aromatic hydroxyl groups is 4. The Hall–Kier alpha value is -3.14. The van der Waals surface area contributed by atoms with Crippen molar-refractivity contribution in [2.24, 2.45) is 0 Å². The van der Waals surface area contributed by atoms with Gasteiger partial charge in [0.05, 0.1) is 0 Å². The van der Waals surface area contributed by atoms with Crippen molar-refractivity contribution in [2.45, 2.75) is 58.8 Å². The summed E-state index contributed by atoms with van der Waals surface area (Å²) in [5.41, 5.74) is 2.85. The first-order valence-electron chi connectivity index (χ1n) is 10.4. The van der Waals surface area contributed by atoms with E-state index in [1.165, 1.54) is 0 Å². The van der Waals surface area contributed by atoms with E-state index in [4.69, 9.17) is 0 Å². The van der Waals surface area contributed by atoms with Gasteiger partial charge in [0, 0.05) is 17.5 Å². The molecule has 3 rings (SSSR count). The van der Waals surface area contributed by atoms with E-state index in [1.54, 1.807) is 36.4 Å². The molecule has 3 aromatic rings. The SMILES string of the molecule is CC(C)(C)c1cc(O)c(C(C)(C)C)cc1O.Oc1ccccc1Cc1ccccc1O. The highest BCUT2D eigenvalue weighted by atomic mass is 16.3. The lowest BCUT2D eigenvalue weighted by atomic mass is 9.81. The van der Waals surface area contributed by atoms with Crippen LogP contribution in [0.5, 0.6) is 23.0 Å². The van der Waals surface area contributed by atoms with Crippen molar-refractivity contribution < 1.29 is 20.4 Å². The van der Waals surface area contributed by atoms with Gasteiger partial charge in [-0.2, -0.15) is 0 Å². The smallest absolute Gasteiger partial charge is 0.119 e. The highest BCUT2D eigenvalue weighted by molar-refractivity contribution is 5.50. The second kappa shape index (κ2) is 9.34. The number of phenols is 4. The van der Waals surface area contributed by atoms with Gasteiger partial charge in [-0.05, 0) is 46.2 Å². The summed E-state index contributed by atoms with van der Waals surface area (Å²) in [5.74, 6) is 1.05. The predicted molar refractivity (Wildman–Crippen MR) is 126 cm³/mol. The number of hydrogen-bond acceptors (Lipinski definition) is 4. The van der Waals surface area contributed by atoms with Crippen LogP contribution in [0.2, 0.25) is 0 Å². The first kappa shape index (κ1) is 24.1. The molecule has 0 unspecified atom stereocenters. The fourth-order valence-corrected chi connectivity index (χ4v) is 3.30. The molecule has 0 saturated carbocycles. The third-order valence-corrected chi connectivity index (χ3v) is 5.09. The summed E-state index contributed by atoms with van der Waals surface area (Å²) in [7, 11) is 0. The van der Waals surface area contributed by atoms with Gasteiger partial charge in [-0.3, -0.25) is 0 Å². The van der Waals surface area contributed by atoms with Gasteiger partial charge in [0.2, 0.25) is 0 Å². The van der Waals surface area contributed by atoms with Crippen LogP contribution in [-0.2, 0) is 17.3 Å². The highest BCUT2D eigenvalue weighted by Crippen LogP contribution is 2.39. The van der Waals surface area contributed by atoms with Crippen LogP contribution in [0.3, 0.4) is 0 Å².